The number of hydrogen-bond acceptors (Lipinski definition) is 8. The van der Waals surface area contributed by atoms with Crippen molar-refractivity contribution in [3.05, 3.63) is 112 Å². The van der Waals surface area contributed by atoms with Gasteiger partial charge in [-0.05, 0) is 47.0 Å². The molecule has 1 amide bonds. The van der Waals surface area contributed by atoms with E-state index in [1.807, 2.05) is 36.4 Å². The van der Waals surface area contributed by atoms with Gasteiger partial charge in [-0.3, -0.25) is 4.79 Å². The van der Waals surface area contributed by atoms with E-state index < -0.39 is 17.8 Å². The molecule has 0 saturated carbocycles. The van der Waals surface area contributed by atoms with Crippen molar-refractivity contribution in [3.63, 3.8) is 0 Å². The van der Waals surface area contributed by atoms with Crippen LogP contribution in [0.25, 0.3) is 6.08 Å². The number of carbonyl (C=O) groups is 1. The molecule has 0 radical (unpaired) electrons. The highest BCUT2D eigenvalue weighted by atomic mass is 19.1. The van der Waals surface area contributed by atoms with Crippen LogP contribution in [0.4, 0.5) is 16.2 Å². The summed E-state index contributed by atoms with van der Waals surface area (Å²) < 4.78 is 25.3. The molecule has 5 rings (SSSR count). The van der Waals surface area contributed by atoms with Crippen LogP contribution in [0.3, 0.4) is 0 Å². The summed E-state index contributed by atoms with van der Waals surface area (Å²) in [5, 5.41) is 5.77. The second kappa shape index (κ2) is 11.2. The zero-order valence-electron chi connectivity index (χ0n) is 21.9. The molecule has 9 nitrogen and oxygen atoms in total. The number of nitrogen functional groups attached to an aromatic ring is 2. The van der Waals surface area contributed by atoms with E-state index in [4.69, 9.17) is 20.9 Å². The molecule has 0 fully saturated rings. The monoisotopic (exact) mass is 538 g/mol. The van der Waals surface area contributed by atoms with E-state index in [0.717, 1.165) is 16.7 Å². The van der Waals surface area contributed by atoms with Gasteiger partial charge in [0.1, 0.15) is 17.7 Å². The predicted molar refractivity (Wildman–Crippen MR) is 151 cm³/mol. The highest BCUT2D eigenvalue weighted by Gasteiger charge is 2.30. The Hall–Kier alpha value is -5.25. The fourth-order valence-corrected chi connectivity index (χ4v) is 4.69. The molecule has 202 valence electrons. The molecular weight excluding hydrogens is 511 g/mol. The molecule has 4 aromatic rings. The summed E-state index contributed by atoms with van der Waals surface area (Å²) in [6.45, 7) is 0. The molecule has 1 aliphatic rings. The zero-order chi connectivity index (χ0) is 28.2. The van der Waals surface area contributed by atoms with Crippen molar-refractivity contribution < 1.29 is 18.7 Å². The van der Waals surface area contributed by atoms with Crippen molar-refractivity contribution >= 4 is 30.0 Å². The average Bonchev–Trinajstić information content (AvgIpc) is 2.96. The van der Waals surface area contributed by atoms with E-state index in [2.05, 4.69) is 15.1 Å². The summed E-state index contributed by atoms with van der Waals surface area (Å²) in [6.07, 6.45) is 6.64. The lowest BCUT2D eigenvalue weighted by molar-refractivity contribution is -0.127. The molecule has 10 heteroatoms. The predicted octanol–water partition coefficient (Wildman–Crippen LogP) is 4.37. The molecule has 0 bridgehead atoms. The quantitative estimate of drug-likeness (QED) is 0.334. The van der Waals surface area contributed by atoms with Crippen LogP contribution in [0.15, 0.2) is 78.0 Å². The molecule has 3 aromatic carbocycles. The van der Waals surface area contributed by atoms with E-state index in [-0.39, 0.29) is 11.8 Å². The summed E-state index contributed by atoms with van der Waals surface area (Å²) in [6, 6.07) is 16.8. The maximum atomic E-state index is 14.2. The summed E-state index contributed by atoms with van der Waals surface area (Å²) in [7, 11) is 3.05. The Labute approximate surface area is 230 Å². The first-order valence-electron chi connectivity index (χ1n) is 12.4. The van der Waals surface area contributed by atoms with E-state index in [0.29, 0.717) is 34.6 Å². The number of nitrogens with zero attached hydrogens (tertiary/aromatic N) is 4. The average molecular weight is 539 g/mol. The zero-order valence-corrected chi connectivity index (χ0v) is 21.9. The van der Waals surface area contributed by atoms with Crippen LogP contribution in [-0.2, 0) is 11.2 Å². The van der Waals surface area contributed by atoms with Gasteiger partial charge in [-0.25, -0.2) is 14.4 Å². The minimum atomic E-state index is -0.606. The Morgan fingerprint density at radius 3 is 2.65 bits per heavy atom. The molecule has 1 atom stereocenters. The molecule has 4 N–H and O–H groups in total. The number of methoxy groups -OCH3 is 2. The summed E-state index contributed by atoms with van der Waals surface area (Å²) in [5.41, 5.74) is 16.1. The summed E-state index contributed by atoms with van der Waals surface area (Å²) >= 11 is 0. The summed E-state index contributed by atoms with van der Waals surface area (Å²) in [4.78, 5) is 21.6. The summed E-state index contributed by atoms with van der Waals surface area (Å²) in [5.74, 6) is 0.503. The minimum Gasteiger partial charge on any atom is -0.493 e. The lowest BCUT2D eigenvalue weighted by Crippen LogP contribution is -2.33. The second-order valence-corrected chi connectivity index (χ2v) is 9.08. The van der Waals surface area contributed by atoms with E-state index in [9.17, 15) is 9.18 Å². The molecule has 2 heterocycles. The molecule has 0 aliphatic carbocycles. The number of anilines is 2. The number of rotatable bonds is 7. The van der Waals surface area contributed by atoms with Gasteiger partial charge in [0.2, 0.25) is 5.95 Å². The van der Waals surface area contributed by atoms with Gasteiger partial charge < -0.3 is 20.9 Å². The Balaban J connectivity index is 1.50. The second-order valence-electron chi connectivity index (χ2n) is 9.08. The fraction of sp³-hybridized carbons (Fsp3) is 0.133. The number of nitrogens with two attached hydrogens (primary N) is 2. The van der Waals surface area contributed by atoms with Crippen LogP contribution in [0, 0.1) is 5.82 Å². The Bertz CT molecular complexity index is 1640. The van der Waals surface area contributed by atoms with Crippen LogP contribution in [0.2, 0.25) is 0 Å². The van der Waals surface area contributed by atoms with Gasteiger partial charge in [-0.2, -0.15) is 10.1 Å². The Kier molecular flexibility index (Phi) is 7.41. The van der Waals surface area contributed by atoms with Gasteiger partial charge in [0.15, 0.2) is 11.5 Å². The van der Waals surface area contributed by atoms with Gasteiger partial charge >= 0.3 is 0 Å². The van der Waals surface area contributed by atoms with Crippen molar-refractivity contribution in [1.29, 1.82) is 0 Å². The highest BCUT2D eigenvalue weighted by Crippen LogP contribution is 2.36. The Morgan fingerprint density at radius 1 is 1.07 bits per heavy atom. The lowest BCUT2D eigenvalue weighted by atomic mass is 9.93. The number of carbonyl (C=O) groups excluding carboxylic acids is 1. The van der Waals surface area contributed by atoms with Gasteiger partial charge in [0.25, 0.3) is 5.91 Å². The first-order valence-corrected chi connectivity index (χ1v) is 12.4. The van der Waals surface area contributed by atoms with E-state index in [1.54, 1.807) is 30.6 Å². The normalized spacial score (nSPS) is 14.3. The van der Waals surface area contributed by atoms with Crippen molar-refractivity contribution in [1.82, 2.24) is 15.0 Å². The molecule has 1 aromatic heterocycles. The van der Waals surface area contributed by atoms with Gasteiger partial charge in [-0.1, -0.05) is 36.4 Å². The van der Waals surface area contributed by atoms with E-state index in [1.165, 1.54) is 37.4 Å². The number of aromatic nitrogens is 2. The van der Waals surface area contributed by atoms with Crippen molar-refractivity contribution in [2.24, 2.45) is 5.10 Å². The first kappa shape index (κ1) is 26.4. The topological polar surface area (TPSA) is 129 Å². The van der Waals surface area contributed by atoms with Crippen molar-refractivity contribution in [2.45, 2.75) is 12.5 Å². The molecule has 0 spiro atoms. The SMILES string of the molecule is COc1cc(Cc2cnc(N)nc2N)cc(/C=C/C(=O)N2N=Cc3ccccc3C2c2cccc(F)c2)c1OC. The highest BCUT2D eigenvalue weighted by molar-refractivity contribution is 5.95. The maximum Gasteiger partial charge on any atom is 0.267 e. The van der Waals surface area contributed by atoms with Gasteiger partial charge in [-0.15, -0.1) is 0 Å². The number of hydrazone groups is 1. The molecule has 0 saturated heterocycles. The number of fused-ring (bicyclic) bond motifs is 1. The number of amides is 1. The smallest absolute Gasteiger partial charge is 0.267 e. The number of ether oxygens (including phenoxy) is 2. The van der Waals surface area contributed by atoms with Crippen LogP contribution in [-0.4, -0.2) is 41.3 Å². The van der Waals surface area contributed by atoms with Gasteiger partial charge in [0.05, 0.1) is 20.4 Å². The maximum absolute atomic E-state index is 14.2. The van der Waals surface area contributed by atoms with Crippen molar-refractivity contribution in [3.8, 4) is 11.5 Å². The third kappa shape index (κ3) is 5.32. The van der Waals surface area contributed by atoms with Crippen molar-refractivity contribution in [2.75, 3.05) is 25.7 Å². The standard InChI is InChI=1S/C30H27FN6O3/c1-39-25-14-18(13-22-16-34-30(33)36-29(22)32)12-20(28(25)40-2)10-11-26(38)37-27(19-7-5-8-23(31)15-19)24-9-4-3-6-21(24)17-35-37/h3-12,14-17,27H,13H2,1-2H3,(H4,32,33,34,36)/b11-10+. The molecule has 1 unspecified atom stereocenters. The van der Waals surface area contributed by atoms with Crippen LogP contribution < -0.4 is 20.9 Å². The minimum absolute atomic E-state index is 0.0928. The van der Waals surface area contributed by atoms with E-state index >= 15 is 0 Å². The molecular formula is C30H27FN6O3. The van der Waals surface area contributed by atoms with Gasteiger partial charge in [0, 0.05) is 35.4 Å². The van der Waals surface area contributed by atoms with Crippen LogP contribution >= 0.6 is 0 Å². The third-order valence-corrected chi connectivity index (χ3v) is 6.53. The fourth-order valence-electron chi connectivity index (χ4n) is 4.69. The lowest BCUT2D eigenvalue weighted by Gasteiger charge is -2.31. The largest absolute Gasteiger partial charge is 0.493 e. The molecule has 40 heavy (non-hydrogen) atoms. The number of hydrogen-bond donors (Lipinski definition) is 2. The van der Waals surface area contributed by atoms with Crippen LogP contribution in [0.5, 0.6) is 11.5 Å². The molecule has 1 aliphatic heterocycles. The third-order valence-electron chi connectivity index (χ3n) is 6.53. The Morgan fingerprint density at radius 2 is 1.90 bits per heavy atom. The van der Waals surface area contributed by atoms with Crippen LogP contribution in [0.1, 0.15) is 39.4 Å². The number of halogens is 1. The first-order chi connectivity index (χ1) is 19.4. The number of benzene rings is 3.